The highest BCUT2D eigenvalue weighted by atomic mass is 32.2. The lowest BCUT2D eigenvalue weighted by Gasteiger charge is -2.21. The third kappa shape index (κ3) is 4.89. The number of rotatable bonds is 7. The van der Waals surface area contributed by atoms with E-state index in [-0.39, 0.29) is 0 Å². The molecule has 0 saturated heterocycles. The summed E-state index contributed by atoms with van der Waals surface area (Å²) in [6.45, 7) is -0.395. The molecule has 96 valence electrons. The molecule has 5 N–H and O–H groups in total. The Kier molecular flexibility index (Phi) is 6.68. The normalized spacial score (nSPS) is 17.9. The number of carbonyl (C=O) groups excluding carboxylic acids is 1. The van der Waals surface area contributed by atoms with Crippen molar-refractivity contribution in [1.82, 2.24) is 0 Å². The molecule has 0 aliphatic rings. The fourth-order valence-corrected chi connectivity index (χ4v) is 1.54. The molecular weight excluding hydrogens is 263 g/mol. The van der Waals surface area contributed by atoms with Gasteiger partial charge < -0.3 is 29.3 Å². The minimum atomic E-state index is -5.14. The van der Waals surface area contributed by atoms with Gasteiger partial charge in [-0.05, 0) is 12.0 Å². The van der Waals surface area contributed by atoms with Crippen molar-refractivity contribution in [3.8, 4) is 0 Å². The zero-order valence-corrected chi connectivity index (χ0v) is 9.97. The molecule has 0 amide bonds. The van der Waals surface area contributed by atoms with Gasteiger partial charge in [0.25, 0.3) is 5.52 Å². The average molecular weight is 276 g/mol. The van der Waals surface area contributed by atoms with Gasteiger partial charge in [0, 0.05) is 6.26 Å². The van der Waals surface area contributed by atoms with Crippen LogP contribution in [0.1, 0.15) is 0 Å². The van der Waals surface area contributed by atoms with E-state index < -0.39 is 38.0 Å². The van der Waals surface area contributed by atoms with Crippen LogP contribution >= 0.6 is 19.6 Å². The molecule has 0 spiro atoms. The van der Waals surface area contributed by atoms with Gasteiger partial charge in [0.2, 0.25) is 0 Å². The highest BCUT2D eigenvalue weighted by Gasteiger charge is 2.39. The average Bonchev–Trinajstić information content (AvgIpc) is 2.21. The van der Waals surface area contributed by atoms with Crippen molar-refractivity contribution >= 4 is 25.2 Å². The van der Waals surface area contributed by atoms with Gasteiger partial charge in [0.05, 0.1) is 6.61 Å². The smallest absolute Gasteiger partial charge is 0.388 e. The first-order chi connectivity index (χ1) is 7.21. The number of carbonyl (C=O) groups is 1. The molecule has 0 radical (unpaired) electrons. The van der Waals surface area contributed by atoms with Crippen LogP contribution in [0.2, 0.25) is 0 Å². The Morgan fingerprint density at radius 3 is 2.25 bits per heavy atom. The minimum absolute atomic E-state index is 0.395. The predicted octanol–water partition coefficient (Wildman–Crippen LogP) is -1.93. The van der Waals surface area contributed by atoms with E-state index >= 15 is 0 Å². The van der Waals surface area contributed by atoms with E-state index in [1.54, 1.807) is 0 Å². The molecule has 8 nitrogen and oxygen atoms in total. The van der Waals surface area contributed by atoms with Gasteiger partial charge in [-0.3, -0.25) is 9.36 Å². The third-order valence-electron chi connectivity index (χ3n) is 1.61. The Bertz CT molecular complexity index is 278. The summed E-state index contributed by atoms with van der Waals surface area (Å²) in [6.07, 6.45) is -4.47. The van der Waals surface area contributed by atoms with Gasteiger partial charge in [-0.15, -0.1) is 0 Å². The first-order valence-corrected chi connectivity index (χ1v) is 6.77. The maximum absolute atomic E-state index is 10.9. The quantitative estimate of drug-likeness (QED) is 0.265. The largest absolute Gasteiger partial charge is 0.394 e. The number of hydrogen-bond donors (Lipinski definition) is 5. The first kappa shape index (κ1) is 16.0. The highest BCUT2D eigenvalue weighted by Crippen LogP contribution is 2.37. The summed E-state index contributed by atoms with van der Waals surface area (Å²) >= 11 is 0.882. The van der Waals surface area contributed by atoms with Crippen LogP contribution in [0.25, 0.3) is 0 Å². The van der Waals surface area contributed by atoms with E-state index in [2.05, 4.69) is 4.18 Å². The summed E-state index contributed by atoms with van der Waals surface area (Å²) < 4.78 is 15.1. The van der Waals surface area contributed by atoms with Crippen LogP contribution in [0.5, 0.6) is 0 Å². The Morgan fingerprint density at radius 1 is 1.38 bits per heavy atom. The van der Waals surface area contributed by atoms with E-state index in [0.717, 1.165) is 12.0 Å². The van der Waals surface area contributed by atoms with Gasteiger partial charge in [-0.1, -0.05) is 0 Å². The van der Waals surface area contributed by atoms with Crippen molar-refractivity contribution in [3.05, 3.63) is 0 Å². The van der Waals surface area contributed by atoms with Crippen LogP contribution in [0.3, 0.4) is 0 Å². The summed E-state index contributed by atoms with van der Waals surface area (Å²) in [7, 11) is -5.14. The van der Waals surface area contributed by atoms with E-state index in [4.69, 9.17) is 14.9 Å². The van der Waals surface area contributed by atoms with Gasteiger partial charge >= 0.3 is 7.60 Å². The Hall–Kier alpha value is 0.01000. The minimum Gasteiger partial charge on any atom is -0.388 e. The van der Waals surface area contributed by atoms with E-state index in [9.17, 15) is 19.6 Å². The summed E-state index contributed by atoms with van der Waals surface area (Å²) in [6, 6.07) is 0. The molecule has 0 aromatic carbocycles. The summed E-state index contributed by atoms with van der Waals surface area (Å²) in [5.41, 5.74) is -1.84. The van der Waals surface area contributed by atoms with E-state index in [1.807, 2.05) is 0 Å². The van der Waals surface area contributed by atoms with Gasteiger partial charge in [-0.2, -0.15) is 0 Å². The van der Waals surface area contributed by atoms with Crippen molar-refractivity contribution in [2.75, 3.05) is 12.9 Å². The number of hydrogen-bond acceptors (Lipinski definition) is 7. The van der Waals surface area contributed by atoms with E-state index in [0.29, 0.717) is 0 Å². The van der Waals surface area contributed by atoms with Crippen LogP contribution in [0, 0.1) is 0 Å². The maximum Gasteiger partial charge on any atom is 0.394 e. The predicted molar refractivity (Wildman–Crippen MR) is 54.5 cm³/mol. The molecule has 0 heterocycles. The fourth-order valence-electron chi connectivity index (χ4n) is 0.765. The van der Waals surface area contributed by atoms with E-state index in [1.165, 1.54) is 6.26 Å². The molecule has 3 atom stereocenters. The second-order valence-corrected chi connectivity index (χ2v) is 4.93. The molecule has 0 aliphatic carbocycles. The van der Waals surface area contributed by atoms with Crippen LogP contribution in [-0.2, 0) is 13.5 Å². The topological polar surface area (TPSA) is 145 Å². The van der Waals surface area contributed by atoms with Crippen molar-refractivity contribution in [3.63, 3.8) is 0 Å². The van der Waals surface area contributed by atoms with Gasteiger partial charge in [0.1, 0.15) is 12.2 Å². The number of aliphatic hydroxyl groups excluding tert-OH is 3. The lowest BCUT2D eigenvalue weighted by atomic mass is 10.1. The summed E-state index contributed by atoms with van der Waals surface area (Å²) in [5, 5.41) is 27.5. The molecule has 0 bridgehead atoms. The molecule has 0 unspecified atom stereocenters. The summed E-state index contributed by atoms with van der Waals surface area (Å²) in [4.78, 5) is 27.7. The number of aliphatic hydroxyl groups is 3. The highest BCUT2D eigenvalue weighted by molar-refractivity contribution is 7.93. The zero-order chi connectivity index (χ0) is 12.9. The van der Waals surface area contributed by atoms with Crippen molar-refractivity contribution in [2.45, 2.75) is 18.3 Å². The van der Waals surface area contributed by atoms with Crippen molar-refractivity contribution in [2.24, 2.45) is 0 Å². The molecule has 0 saturated carbocycles. The van der Waals surface area contributed by atoms with Crippen LogP contribution in [-0.4, -0.2) is 61.8 Å². The second-order valence-electron chi connectivity index (χ2n) is 2.84. The lowest BCUT2D eigenvalue weighted by molar-refractivity contribution is -0.133. The Balaban J connectivity index is 4.43. The molecule has 0 fully saturated rings. The van der Waals surface area contributed by atoms with Gasteiger partial charge in [0.15, 0.2) is 6.10 Å². The molecule has 0 aliphatic heterocycles. The SMILES string of the molecule is CSOC[C@@H](O)[C@@H](O)[C@@H](O)C(=O)P(=O)(O)O. The zero-order valence-electron chi connectivity index (χ0n) is 8.26. The second kappa shape index (κ2) is 6.67. The monoisotopic (exact) mass is 276 g/mol. The molecule has 16 heavy (non-hydrogen) atoms. The fraction of sp³-hybridized carbons (Fsp3) is 0.833. The van der Waals surface area contributed by atoms with Gasteiger partial charge in [-0.25, -0.2) is 0 Å². The lowest BCUT2D eigenvalue weighted by Crippen LogP contribution is -2.43. The molecule has 0 aromatic heterocycles. The van der Waals surface area contributed by atoms with Crippen molar-refractivity contribution < 1.29 is 38.6 Å². The van der Waals surface area contributed by atoms with Crippen LogP contribution in [0.15, 0.2) is 0 Å². The molecule has 0 aromatic rings. The summed E-state index contributed by atoms with van der Waals surface area (Å²) in [5.74, 6) is 0. The third-order valence-corrected chi connectivity index (χ3v) is 2.82. The molecule has 0 rings (SSSR count). The van der Waals surface area contributed by atoms with Crippen LogP contribution in [0.4, 0.5) is 0 Å². The van der Waals surface area contributed by atoms with Crippen LogP contribution < -0.4 is 0 Å². The van der Waals surface area contributed by atoms with Crippen molar-refractivity contribution in [1.29, 1.82) is 0 Å². The first-order valence-electron chi connectivity index (χ1n) is 4.01. The Labute approximate surface area is 95.6 Å². The molecule has 10 heteroatoms. The maximum atomic E-state index is 10.9. The Morgan fingerprint density at radius 2 is 1.88 bits per heavy atom. The standard InChI is InChI=1S/C6H13O8PS/c1-16-14-2-3(7)4(8)5(9)6(10)15(11,12)13/h3-5,7-9H,2H2,1H3,(H2,11,12,13)/t3-,4-,5-/m1/s1. The molecular formula is C6H13O8PS.